The molecule has 1 aliphatic heterocycles. The molecule has 9 heteroatoms. The van der Waals surface area contributed by atoms with Gasteiger partial charge in [0.05, 0.1) is 4.90 Å². The lowest BCUT2D eigenvalue weighted by Crippen LogP contribution is -2.48. The van der Waals surface area contributed by atoms with Gasteiger partial charge in [-0.05, 0) is 19.1 Å². The summed E-state index contributed by atoms with van der Waals surface area (Å²) in [5.74, 6) is 0.471. The third-order valence-corrected chi connectivity index (χ3v) is 6.08. The van der Waals surface area contributed by atoms with Crippen molar-refractivity contribution < 1.29 is 17.6 Å². The van der Waals surface area contributed by atoms with E-state index in [0.717, 1.165) is 0 Å². The van der Waals surface area contributed by atoms with Crippen molar-refractivity contribution in [2.24, 2.45) is 0 Å². The lowest BCUT2D eigenvalue weighted by molar-refractivity contribution is 0.101. The minimum absolute atomic E-state index is 0.0939. The number of rotatable bonds is 5. The fourth-order valence-corrected chi connectivity index (χ4v) is 4.07. The summed E-state index contributed by atoms with van der Waals surface area (Å²) in [6.45, 7) is 5.01. The Hall–Kier alpha value is -2.26. The van der Waals surface area contributed by atoms with Crippen molar-refractivity contribution in [3.05, 3.63) is 35.7 Å². The molecule has 3 rings (SSSR count). The van der Waals surface area contributed by atoms with Gasteiger partial charge in [-0.25, -0.2) is 8.42 Å². The van der Waals surface area contributed by atoms with Crippen molar-refractivity contribution in [3.8, 4) is 0 Å². The largest absolute Gasteiger partial charge is 0.408 e. The number of hydrogen-bond acceptors (Lipinski definition) is 7. The molecule has 0 bridgehead atoms. The number of sulfonamides is 1. The van der Waals surface area contributed by atoms with Crippen LogP contribution in [0.2, 0.25) is 0 Å². The van der Waals surface area contributed by atoms with Gasteiger partial charge in [0.25, 0.3) is 0 Å². The first-order valence-corrected chi connectivity index (χ1v) is 9.54. The van der Waals surface area contributed by atoms with Gasteiger partial charge in [-0.2, -0.15) is 4.31 Å². The van der Waals surface area contributed by atoms with Crippen LogP contribution >= 0.6 is 0 Å². The van der Waals surface area contributed by atoms with E-state index in [1.165, 1.54) is 35.5 Å². The predicted molar refractivity (Wildman–Crippen MR) is 91.1 cm³/mol. The molecule has 1 aromatic heterocycles. The van der Waals surface area contributed by atoms with Crippen LogP contribution in [0.5, 0.6) is 0 Å². The number of ketones is 1. The topological polar surface area (TPSA) is 96.6 Å². The molecule has 0 N–H and O–H groups in total. The summed E-state index contributed by atoms with van der Waals surface area (Å²) in [5, 5.41) is 7.92. The first kappa shape index (κ1) is 17.6. The summed E-state index contributed by atoms with van der Waals surface area (Å²) in [4.78, 5) is 13.4. The van der Waals surface area contributed by atoms with Crippen molar-refractivity contribution in [1.29, 1.82) is 0 Å². The van der Waals surface area contributed by atoms with Gasteiger partial charge in [-0.15, -0.1) is 5.10 Å². The van der Waals surface area contributed by atoms with E-state index in [4.69, 9.17) is 4.42 Å². The average molecular weight is 364 g/mol. The molecule has 0 unspecified atom stereocenters. The normalized spacial score (nSPS) is 16.2. The third kappa shape index (κ3) is 3.57. The van der Waals surface area contributed by atoms with Crippen LogP contribution in [0.4, 0.5) is 6.01 Å². The Morgan fingerprint density at radius 1 is 1.12 bits per heavy atom. The first-order chi connectivity index (χ1) is 11.9. The Bertz CT molecular complexity index is 853. The SMILES string of the molecule is CCc1nnc(N2CCN(S(=O)(=O)c3ccc(C(C)=O)cc3)CC2)o1. The Morgan fingerprint density at radius 3 is 2.28 bits per heavy atom. The summed E-state index contributed by atoms with van der Waals surface area (Å²) < 4.78 is 32.4. The number of anilines is 1. The molecule has 0 aliphatic carbocycles. The Balaban J connectivity index is 1.69. The van der Waals surface area contributed by atoms with Gasteiger partial charge in [0, 0.05) is 38.2 Å². The number of aromatic nitrogens is 2. The van der Waals surface area contributed by atoms with Gasteiger partial charge in [-0.3, -0.25) is 4.79 Å². The lowest BCUT2D eigenvalue weighted by Gasteiger charge is -2.32. The van der Waals surface area contributed by atoms with Gasteiger partial charge in [0.2, 0.25) is 15.9 Å². The van der Waals surface area contributed by atoms with Crippen LogP contribution < -0.4 is 4.90 Å². The van der Waals surface area contributed by atoms with E-state index in [1.54, 1.807) is 0 Å². The van der Waals surface area contributed by atoms with E-state index >= 15 is 0 Å². The second-order valence-electron chi connectivity index (χ2n) is 5.80. The second-order valence-corrected chi connectivity index (χ2v) is 7.74. The molecule has 8 nitrogen and oxygen atoms in total. The number of piperazine rings is 1. The molecule has 0 saturated carbocycles. The van der Waals surface area contributed by atoms with Crippen molar-refractivity contribution in [2.45, 2.75) is 25.2 Å². The van der Waals surface area contributed by atoms with Crippen LogP contribution in [-0.4, -0.2) is 54.9 Å². The molecular weight excluding hydrogens is 344 g/mol. The van der Waals surface area contributed by atoms with Crippen LogP contribution in [-0.2, 0) is 16.4 Å². The summed E-state index contributed by atoms with van der Waals surface area (Å²) in [6.07, 6.45) is 0.664. The van der Waals surface area contributed by atoms with Gasteiger partial charge in [-0.1, -0.05) is 24.2 Å². The maximum atomic E-state index is 12.7. The highest BCUT2D eigenvalue weighted by molar-refractivity contribution is 7.89. The quantitative estimate of drug-likeness (QED) is 0.739. The zero-order valence-corrected chi connectivity index (χ0v) is 15.0. The van der Waals surface area contributed by atoms with Gasteiger partial charge in [0.1, 0.15) is 0 Å². The molecule has 1 aliphatic rings. The summed E-state index contributed by atoms with van der Waals surface area (Å²) in [7, 11) is -3.58. The highest BCUT2D eigenvalue weighted by atomic mass is 32.2. The Morgan fingerprint density at radius 2 is 1.76 bits per heavy atom. The van der Waals surface area contributed by atoms with Crippen LogP contribution in [0, 0.1) is 0 Å². The minimum Gasteiger partial charge on any atom is -0.408 e. The van der Waals surface area contributed by atoms with Crippen LogP contribution in [0.15, 0.2) is 33.6 Å². The van der Waals surface area contributed by atoms with Gasteiger partial charge < -0.3 is 9.32 Å². The molecule has 25 heavy (non-hydrogen) atoms. The molecule has 0 atom stereocenters. The van der Waals surface area contributed by atoms with Crippen molar-refractivity contribution >= 4 is 21.8 Å². The molecule has 1 fully saturated rings. The molecule has 2 heterocycles. The average Bonchev–Trinajstić information content (AvgIpc) is 3.11. The smallest absolute Gasteiger partial charge is 0.318 e. The monoisotopic (exact) mass is 364 g/mol. The van der Waals surface area contributed by atoms with E-state index in [1.807, 2.05) is 11.8 Å². The molecule has 2 aromatic rings. The zero-order valence-electron chi connectivity index (χ0n) is 14.2. The molecule has 1 saturated heterocycles. The Kier molecular flexibility index (Phi) is 4.87. The predicted octanol–water partition coefficient (Wildman–Crippen LogP) is 1.35. The number of aryl methyl sites for hydroxylation is 1. The number of nitrogens with zero attached hydrogens (tertiary/aromatic N) is 4. The van der Waals surface area contributed by atoms with E-state index in [-0.39, 0.29) is 10.7 Å². The highest BCUT2D eigenvalue weighted by Crippen LogP contribution is 2.21. The summed E-state index contributed by atoms with van der Waals surface area (Å²) in [6, 6.07) is 6.46. The maximum Gasteiger partial charge on any atom is 0.318 e. The number of hydrogen-bond donors (Lipinski definition) is 0. The first-order valence-electron chi connectivity index (χ1n) is 8.10. The van der Waals surface area contributed by atoms with Crippen LogP contribution in [0.1, 0.15) is 30.1 Å². The third-order valence-electron chi connectivity index (χ3n) is 4.17. The minimum atomic E-state index is -3.58. The fraction of sp³-hybridized carbons (Fsp3) is 0.438. The highest BCUT2D eigenvalue weighted by Gasteiger charge is 2.30. The van der Waals surface area contributed by atoms with Crippen molar-refractivity contribution in [1.82, 2.24) is 14.5 Å². The fourth-order valence-electron chi connectivity index (χ4n) is 2.65. The van der Waals surface area contributed by atoms with Crippen molar-refractivity contribution in [2.75, 3.05) is 31.1 Å². The lowest BCUT2D eigenvalue weighted by atomic mass is 10.2. The van der Waals surface area contributed by atoms with Crippen molar-refractivity contribution in [3.63, 3.8) is 0 Å². The summed E-state index contributed by atoms with van der Waals surface area (Å²) >= 11 is 0. The zero-order chi connectivity index (χ0) is 18.0. The van der Waals surface area contributed by atoms with Crippen LogP contribution in [0.25, 0.3) is 0 Å². The molecule has 0 radical (unpaired) electrons. The van der Waals surface area contributed by atoms with E-state index in [0.29, 0.717) is 50.1 Å². The number of Topliss-reactive ketones (excluding diaryl/α,β-unsaturated/α-hetero) is 1. The molecule has 134 valence electrons. The van der Waals surface area contributed by atoms with Crippen LogP contribution in [0.3, 0.4) is 0 Å². The molecular formula is C16H20N4O4S. The van der Waals surface area contributed by atoms with Gasteiger partial charge >= 0.3 is 6.01 Å². The van der Waals surface area contributed by atoms with Gasteiger partial charge in [0.15, 0.2) is 5.78 Å². The summed E-state index contributed by atoms with van der Waals surface area (Å²) in [5.41, 5.74) is 0.492. The Labute approximate surface area is 146 Å². The molecule has 1 aromatic carbocycles. The van der Waals surface area contributed by atoms with E-state index in [9.17, 15) is 13.2 Å². The molecule has 0 spiro atoms. The van der Waals surface area contributed by atoms with E-state index in [2.05, 4.69) is 10.2 Å². The second kappa shape index (κ2) is 6.93. The number of benzene rings is 1. The molecule has 0 amide bonds. The van der Waals surface area contributed by atoms with E-state index < -0.39 is 10.0 Å². The standard InChI is InChI=1S/C16H20N4O4S/c1-3-15-17-18-16(24-15)19-8-10-20(11-9-19)25(22,23)14-6-4-13(5-7-14)12(2)21/h4-7H,3,8-11H2,1-2H3. The number of carbonyl (C=O) groups excluding carboxylic acids is 1. The maximum absolute atomic E-state index is 12.7. The number of carbonyl (C=O) groups is 1.